The van der Waals surface area contributed by atoms with Gasteiger partial charge in [-0.25, -0.2) is 0 Å². The molecule has 2 aliphatic carbocycles. The number of allylic oxidation sites excluding steroid dienone is 4. The highest BCUT2D eigenvalue weighted by molar-refractivity contribution is 5.51. The molecule has 0 saturated heterocycles. The molecule has 2 aliphatic rings. The number of hydrogen-bond donors (Lipinski definition) is 0. The molecule has 0 aromatic rings. The lowest BCUT2D eigenvalue weighted by Gasteiger charge is -2.27. The normalized spacial score (nSPS) is 26.4. The van der Waals surface area contributed by atoms with E-state index in [9.17, 15) is 0 Å². The van der Waals surface area contributed by atoms with Crippen molar-refractivity contribution in [2.45, 2.75) is 66.2 Å². The topological polar surface area (TPSA) is 0 Å². The van der Waals surface area contributed by atoms with E-state index in [-0.39, 0.29) is 0 Å². The first-order valence-electron chi connectivity index (χ1n) is 6.46. The van der Waals surface area contributed by atoms with Crippen molar-refractivity contribution in [3.8, 4) is 0 Å². The molecule has 15 heavy (non-hydrogen) atoms. The van der Waals surface area contributed by atoms with Gasteiger partial charge in [-0.15, -0.1) is 0 Å². The van der Waals surface area contributed by atoms with E-state index >= 15 is 0 Å². The van der Waals surface area contributed by atoms with Gasteiger partial charge < -0.3 is 0 Å². The predicted molar refractivity (Wildman–Crippen MR) is 66.9 cm³/mol. The van der Waals surface area contributed by atoms with Gasteiger partial charge in [-0.05, 0) is 50.7 Å². The molecule has 0 aromatic heterocycles. The van der Waals surface area contributed by atoms with E-state index in [1.807, 2.05) is 0 Å². The summed E-state index contributed by atoms with van der Waals surface area (Å²) in [6.07, 6.45) is 8.36. The van der Waals surface area contributed by atoms with Gasteiger partial charge in [0.1, 0.15) is 0 Å². The van der Waals surface area contributed by atoms with Crippen molar-refractivity contribution in [2.24, 2.45) is 5.41 Å². The van der Waals surface area contributed by atoms with Crippen molar-refractivity contribution < 1.29 is 0 Å². The molecule has 0 heterocycles. The molecule has 0 nitrogen and oxygen atoms in total. The average molecular weight is 204 g/mol. The van der Waals surface area contributed by atoms with Gasteiger partial charge in [-0.3, -0.25) is 0 Å². The smallest absolute Gasteiger partial charge is 0.00729 e. The van der Waals surface area contributed by atoms with Crippen LogP contribution in [-0.4, -0.2) is 0 Å². The summed E-state index contributed by atoms with van der Waals surface area (Å²) >= 11 is 0. The van der Waals surface area contributed by atoms with Crippen LogP contribution in [0.2, 0.25) is 0 Å². The Hall–Kier alpha value is -0.520. The van der Waals surface area contributed by atoms with Crippen LogP contribution in [0, 0.1) is 5.41 Å². The number of rotatable bonds is 0. The minimum atomic E-state index is 0.358. The Morgan fingerprint density at radius 3 is 2.13 bits per heavy atom. The molecular weight excluding hydrogens is 180 g/mol. The molecule has 0 radical (unpaired) electrons. The second-order valence-corrected chi connectivity index (χ2v) is 5.75. The summed E-state index contributed by atoms with van der Waals surface area (Å²) in [6.45, 7) is 9.49. The van der Waals surface area contributed by atoms with Gasteiger partial charge in [0.05, 0.1) is 0 Å². The van der Waals surface area contributed by atoms with Crippen molar-refractivity contribution >= 4 is 0 Å². The average Bonchev–Trinajstić information content (AvgIpc) is 2.27. The van der Waals surface area contributed by atoms with Crippen LogP contribution < -0.4 is 0 Å². The van der Waals surface area contributed by atoms with E-state index < -0.39 is 0 Å². The fourth-order valence-corrected chi connectivity index (χ4v) is 3.28. The zero-order chi connectivity index (χ0) is 11.1. The highest BCUT2D eigenvalue weighted by Crippen LogP contribution is 2.50. The molecule has 84 valence electrons. The first-order chi connectivity index (χ1) is 7.05. The Bertz CT molecular complexity index is 326. The minimum absolute atomic E-state index is 0.358. The zero-order valence-corrected chi connectivity index (χ0v) is 10.7. The van der Waals surface area contributed by atoms with Crippen LogP contribution in [0.4, 0.5) is 0 Å². The van der Waals surface area contributed by atoms with Crippen LogP contribution in [0.3, 0.4) is 0 Å². The van der Waals surface area contributed by atoms with Gasteiger partial charge in [-0.1, -0.05) is 37.8 Å². The third-order valence-corrected chi connectivity index (χ3v) is 4.67. The van der Waals surface area contributed by atoms with E-state index in [2.05, 4.69) is 27.7 Å². The van der Waals surface area contributed by atoms with Gasteiger partial charge in [0, 0.05) is 5.41 Å². The van der Waals surface area contributed by atoms with E-state index in [0.717, 1.165) is 0 Å². The minimum Gasteiger partial charge on any atom is -0.0604 e. The van der Waals surface area contributed by atoms with Gasteiger partial charge in [0.25, 0.3) is 0 Å². The lowest BCUT2D eigenvalue weighted by atomic mass is 9.78. The van der Waals surface area contributed by atoms with Crippen molar-refractivity contribution in [3.05, 3.63) is 22.3 Å². The third kappa shape index (κ3) is 1.68. The Kier molecular flexibility index (Phi) is 2.79. The summed E-state index contributed by atoms with van der Waals surface area (Å²) in [7, 11) is 0. The Labute approximate surface area is 94.5 Å². The van der Waals surface area contributed by atoms with Crippen molar-refractivity contribution in [1.29, 1.82) is 0 Å². The number of hydrogen-bond acceptors (Lipinski definition) is 0. The maximum atomic E-state index is 2.41. The zero-order valence-electron chi connectivity index (χ0n) is 10.7. The molecule has 0 unspecified atom stereocenters. The Balaban J connectivity index is 2.40. The van der Waals surface area contributed by atoms with Gasteiger partial charge in [0.2, 0.25) is 0 Å². The predicted octanol–water partition coefficient (Wildman–Crippen LogP) is 5.01. The second kappa shape index (κ2) is 3.81. The molecule has 0 saturated carbocycles. The Morgan fingerprint density at radius 1 is 0.867 bits per heavy atom. The summed E-state index contributed by atoms with van der Waals surface area (Å²) in [5.74, 6) is 0. The molecule has 0 N–H and O–H groups in total. The molecule has 0 spiro atoms. The van der Waals surface area contributed by atoms with Crippen LogP contribution >= 0.6 is 0 Å². The van der Waals surface area contributed by atoms with Crippen LogP contribution in [0.5, 0.6) is 0 Å². The maximum absolute atomic E-state index is 2.41. The Morgan fingerprint density at radius 2 is 1.47 bits per heavy atom. The van der Waals surface area contributed by atoms with Crippen LogP contribution in [0.15, 0.2) is 22.3 Å². The lowest BCUT2D eigenvalue weighted by Crippen LogP contribution is -2.14. The second-order valence-electron chi connectivity index (χ2n) is 5.75. The van der Waals surface area contributed by atoms with Crippen LogP contribution in [-0.2, 0) is 0 Å². The fraction of sp³-hybridized carbons (Fsp3) is 0.733. The summed E-state index contributed by atoms with van der Waals surface area (Å²) in [6, 6.07) is 0. The molecule has 0 atom stereocenters. The molecule has 0 heteroatoms. The summed E-state index contributed by atoms with van der Waals surface area (Å²) in [5.41, 5.74) is 7.07. The van der Waals surface area contributed by atoms with E-state index in [1.54, 1.807) is 22.3 Å². The lowest BCUT2D eigenvalue weighted by molar-refractivity contribution is 0.497. The fourth-order valence-electron chi connectivity index (χ4n) is 3.28. The maximum Gasteiger partial charge on any atom is 0.00729 e. The third-order valence-electron chi connectivity index (χ3n) is 4.67. The van der Waals surface area contributed by atoms with Gasteiger partial charge in [0.15, 0.2) is 0 Å². The highest BCUT2D eigenvalue weighted by atomic mass is 14.4. The van der Waals surface area contributed by atoms with E-state index in [0.29, 0.717) is 5.41 Å². The van der Waals surface area contributed by atoms with E-state index in [1.165, 1.54) is 38.5 Å². The monoisotopic (exact) mass is 204 g/mol. The molecule has 0 fully saturated rings. The largest absolute Gasteiger partial charge is 0.0604 e. The summed E-state index contributed by atoms with van der Waals surface area (Å²) in [5, 5.41) is 0. The van der Waals surface area contributed by atoms with Crippen molar-refractivity contribution in [2.75, 3.05) is 0 Å². The first-order valence-corrected chi connectivity index (χ1v) is 6.46. The molecule has 0 amide bonds. The summed E-state index contributed by atoms with van der Waals surface area (Å²) < 4.78 is 0. The summed E-state index contributed by atoms with van der Waals surface area (Å²) in [4.78, 5) is 0. The SMILES string of the molecule is CC1=C(C)C(C)(C)C2=C1CCCCCC2. The van der Waals surface area contributed by atoms with Crippen LogP contribution in [0.1, 0.15) is 66.2 Å². The molecule has 2 rings (SSSR count). The standard InChI is InChI=1S/C15H24/c1-11-12(2)15(3,4)14-10-8-6-5-7-9-13(11)14/h5-10H2,1-4H3. The highest BCUT2D eigenvalue weighted by Gasteiger charge is 2.35. The van der Waals surface area contributed by atoms with Crippen LogP contribution in [0.25, 0.3) is 0 Å². The van der Waals surface area contributed by atoms with E-state index in [4.69, 9.17) is 0 Å². The molecule has 0 aliphatic heterocycles. The van der Waals surface area contributed by atoms with Crippen molar-refractivity contribution in [3.63, 3.8) is 0 Å². The quantitative estimate of drug-likeness (QED) is 0.520. The van der Waals surface area contributed by atoms with Crippen molar-refractivity contribution in [1.82, 2.24) is 0 Å². The molecular formula is C15H24. The van der Waals surface area contributed by atoms with Gasteiger partial charge >= 0.3 is 0 Å². The molecule has 0 aromatic carbocycles. The molecule has 0 bridgehead atoms. The first kappa shape index (κ1) is 11.0. The van der Waals surface area contributed by atoms with Gasteiger partial charge in [-0.2, -0.15) is 0 Å².